The molecule has 1 spiro atoms. The van der Waals surface area contributed by atoms with Gasteiger partial charge in [0.15, 0.2) is 5.82 Å². The molecule has 0 saturated heterocycles. The highest BCUT2D eigenvalue weighted by molar-refractivity contribution is 8.02. The molecule has 0 radical (unpaired) electrons. The van der Waals surface area contributed by atoms with Crippen LogP contribution < -0.4 is 4.90 Å². The quantitative estimate of drug-likeness (QED) is 0.175. The zero-order valence-electron chi connectivity index (χ0n) is 33.1. The van der Waals surface area contributed by atoms with Crippen molar-refractivity contribution in [3.05, 3.63) is 223 Å². The molecule has 62 heavy (non-hydrogen) atoms. The number of fused-ring (bicyclic) bond motifs is 13. The van der Waals surface area contributed by atoms with E-state index in [1.165, 1.54) is 42.1 Å². The third-order valence-electron chi connectivity index (χ3n) is 12.4. The molecule has 3 aliphatic rings. The van der Waals surface area contributed by atoms with Crippen LogP contribution in [0.2, 0.25) is 0 Å². The molecule has 13 rings (SSSR count). The van der Waals surface area contributed by atoms with Crippen molar-refractivity contribution < 1.29 is 0 Å². The minimum atomic E-state index is -0.660. The van der Waals surface area contributed by atoms with Gasteiger partial charge in [-0.1, -0.05) is 151 Å². The van der Waals surface area contributed by atoms with Crippen molar-refractivity contribution in [2.75, 3.05) is 4.90 Å². The normalized spacial score (nSPS) is 15.3. The van der Waals surface area contributed by atoms with Gasteiger partial charge in [-0.3, -0.25) is 9.97 Å². The fourth-order valence-electron chi connectivity index (χ4n) is 9.75. The zero-order chi connectivity index (χ0) is 40.8. The molecule has 7 aromatic carbocycles. The van der Waals surface area contributed by atoms with Crippen LogP contribution in [0.15, 0.2) is 220 Å². The summed E-state index contributed by atoms with van der Waals surface area (Å²) in [7, 11) is 0. The van der Waals surface area contributed by atoms with E-state index < -0.39 is 5.41 Å². The first-order chi connectivity index (χ1) is 30.7. The molecule has 1 aliphatic carbocycles. The topological polar surface area (TPSA) is 54.8 Å². The van der Waals surface area contributed by atoms with Crippen molar-refractivity contribution >= 4 is 51.5 Å². The largest absolute Gasteiger partial charge is 0.308 e. The molecule has 290 valence electrons. The van der Waals surface area contributed by atoms with E-state index in [1.807, 2.05) is 54.1 Å². The van der Waals surface area contributed by atoms with Crippen molar-refractivity contribution in [3.63, 3.8) is 0 Å². The van der Waals surface area contributed by atoms with Gasteiger partial charge in [0.05, 0.1) is 44.3 Å². The van der Waals surface area contributed by atoms with Crippen LogP contribution in [-0.2, 0) is 5.41 Å². The van der Waals surface area contributed by atoms with Crippen LogP contribution in [0.3, 0.4) is 0 Å². The number of anilines is 3. The average molecular weight is 828 g/mol. The van der Waals surface area contributed by atoms with E-state index in [0.717, 1.165) is 67.1 Å². The monoisotopic (exact) mass is 827 g/mol. The van der Waals surface area contributed by atoms with E-state index in [-0.39, 0.29) is 0 Å². The Labute approximate surface area is 367 Å². The summed E-state index contributed by atoms with van der Waals surface area (Å²) in [4.78, 5) is 28.1. The number of para-hydroxylation sites is 3. The lowest BCUT2D eigenvalue weighted by atomic mass is 9.67. The van der Waals surface area contributed by atoms with Gasteiger partial charge in [-0.2, -0.15) is 0 Å². The number of aromatic nitrogens is 4. The highest BCUT2D eigenvalue weighted by Crippen LogP contribution is 2.65. The summed E-state index contributed by atoms with van der Waals surface area (Å²) in [6.45, 7) is 0. The molecule has 1 atom stereocenters. The number of pyridine rings is 2. The number of rotatable bonds is 4. The molecule has 3 aromatic heterocycles. The molecule has 0 saturated carbocycles. The van der Waals surface area contributed by atoms with Gasteiger partial charge in [-0.05, 0) is 82.9 Å². The number of hydrogen-bond acceptors (Lipinski definition) is 7. The van der Waals surface area contributed by atoms with Crippen molar-refractivity contribution in [2.45, 2.75) is 25.0 Å². The second-order valence-electron chi connectivity index (χ2n) is 15.8. The lowest BCUT2D eigenvalue weighted by molar-refractivity contribution is 0.711. The standard InChI is InChI=1S/C55H33N5S2/c1-3-15-34(16-4-1)49-39-21-7-9-24-44(39)58-54(59-49)36-18-13-17-35(31-36)37-32-43-51(57-33-37)50-41(23-14-30-56-50)55(43)40-22-8-11-26-47(40)61-52-42(55)28-29-46-53(52)62-48-27-12-10-25-45(48)60(46)38-19-5-2-6-20-38/h1-33H. The van der Waals surface area contributed by atoms with Crippen molar-refractivity contribution in [3.8, 4) is 45.2 Å². The first-order valence-electron chi connectivity index (χ1n) is 20.7. The third-order valence-corrected chi connectivity index (χ3v) is 14.9. The fraction of sp³-hybridized carbons (Fsp3) is 0.0182. The van der Waals surface area contributed by atoms with Crippen LogP contribution in [0.1, 0.15) is 22.3 Å². The Kier molecular flexibility index (Phi) is 7.92. The summed E-state index contributed by atoms with van der Waals surface area (Å²) in [5, 5.41) is 1.03. The van der Waals surface area contributed by atoms with Gasteiger partial charge in [0.25, 0.3) is 0 Å². The predicted octanol–water partition coefficient (Wildman–Crippen LogP) is 14.2. The molecular formula is C55H33N5S2. The Balaban J connectivity index is 1.02. The van der Waals surface area contributed by atoms with E-state index in [0.29, 0.717) is 5.82 Å². The van der Waals surface area contributed by atoms with Crippen molar-refractivity contribution in [2.24, 2.45) is 0 Å². The number of benzene rings is 7. The van der Waals surface area contributed by atoms with E-state index >= 15 is 0 Å². The van der Waals surface area contributed by atoms with Gasteiger partial charge >= 0.3 is 0 Å². The molecule has 0 fully saturated rings. The fourth-order valence-corrected chi connectivity index (χ4v) is 12.3. The Hall–Kier alpha value is -7.32. The van der Waals surface area contributed by atoms with Crippen LogP contribution in [0.4, 0.5) is 17.1 Å². The summed E-state index contributed by atoms with van der Waals surface area (Å²) in [6, 6.07) is 67.0. The summed E-state index contributed by atoms with van der Waals surface area (Å²) >= 11 is 3.75. The molecule has 0 bridgehead atoms. The molecule has 2 aliphatic heterocycles. The van der Waals surface area contributed by atoms with Crippen LogP contribution in [0, 0.1) is 0 Å². The van der Waals surface area contributed by atoms with E-state index in [4.69, 9.17) is 19.9 Å². The lowest BCUT2D eigenvalue weighted by Gasteiger charge is -2.42. The maximum absolute atomic E-state index is 5.32. The molecule has 0 N–H and O–H groups in total. The minimum absolute atomic E-state index is 0.660. The van der Waals surface area contributed by atoms with Gasteiger partial charge in [0.2, 0.25) is 0 Å². The van der Waals surface area contributed by atoms with Crippen molar-refractivity contribution in [1.29, 1.82) is 0 Å². The van der Waals surface area contributed by atoms with Gasteiger partial charge in [-0.25, -0.2) is 9.97 Å². The van der Waals surface area contributed by atoms with Crippen LogP contribution in [0.5, 0.6) is 0 Å². The molecule has 5 nitrogen and oxygen atoms in total. The summed E-state index contributed by atoms with van der Waals surface area (Å²) in [6.07, 6.45) is 3.91. The highest BCUT2D eigenvalue weighted by Gasteiger charge is 2.52. The van der Waals surface area contributed by atoms with Crippen LogP contribution >= 0.6 is 23.5 Å². The second-order valence-corrected chi connectivity index (χ2v) is 17.9. The Bertz CT molecular complexity index is 3450. The van der Waals surface area contributed by atoms with E-state index in [2.05, 4.69) is 175 Å². The summed E-state index contributed by atoms with van der Waals surface area (Å²) in [5.41, 5.74) is 15.4. The minimum Gasteiger partial charge on any atom is -0.308 e. The number of hydrogen-bond donors (Lipinski definition) is 0. The Morgan fingerprint density at radius 2 is 1.13 bits per heavy atom. The molecular weight excluding hydrogens is 795 g/mol. The highest BCUT2D eigenvalue weighted by atomic mass is 32.2. The molecule has 10 aromatic rings. The maximum atomic E-state index is 5.32. The summed E-state index contributed by atoms with van der Waals surface area (Å²) < 4.78 is 0. The first-order valence-corrected chi connectivity index (χ1v) is 22.3. The zero-order valence-corrected chi connectivity index (χ0v) is 34.7. The molecule has 1 unspecified atom stereocenters. The Morgan fingerprint density at radius 3 is 2.03 bits per heavy atom. The maximum Gasteiger partial charge on any atom is 0.160 e. The van der Waals surface area contributed by atoms with E-state index in [1.54, 1.807) is 0 Å². The average Bonchev–Trinajstić information content (AvgIpc) is 3.63. The SMILES string of the molecule is c1ccc(-c2nc(-c3cccc(-c4cnc5c(c4)C4(c6ccccc6Sc6c4ccc4c6Sc6ccccc6N4c4ccccc4)c4cccnc4-5)c3)nc3ccccc23)cc1. The van der Waals surface area contributed by atoms with Crippen LogP contribution in [-0.4, -0.2) is 19.9 Å². The molecule has 5 heterocycles. The van der Waals surface area contributed by atoms with Gasteiger partial charge in [-0.15, -0.1) is 0 Å². The van der Waals surface area contributed by atoms with E-state index in [9.17, 15) is 0 Å². The smallest absolute Gasteiger partial charge is 0.160 e. The van der Waals surface area contributed by atoms with Gasteiger partial charge in [0.1, 0.15) is 0 Å². The van der Waals surface area contributed by atoms with Crippen LogP contribution in [0.25, 0.3) is 56.1 Å². The third kappa shape index (κ3) is 5.19. The molecule has 0 amide bonds. The first kappa shape index (κ1) is 35.4. The molecule has 7 heteroatoms. The van der Waals surface area contributed by atoms with Gasteiger partial charge < -0.3 is 4.90 Å². The second kappa shape index (κ2) is 13.9. The number of nitrogens with zero attached hydrogens (tertiary/aromatic N) is 5. The lowest BCUT2D eigenvalue weighted by Crippen LogP contribution is -2.32. The Morgan fingerprint density at radius 1 is 0.419 bits per heavy atom. The summed E-state index contributed by atoms with van der Waals surface area (Å²) in [5.74, 6) is 0.687. The van der Waals surface area contributed by atoms with Gasteiger partial charge in [0, 0.05) is 60.4 Å². The van der Waals surface area contributed by atoms with Crippen molar-refractivity contribution in [1.82, 2.24) is 19.9 Å². The predicted molar refractivity (Wildman–Crippen MR) is 252 cm³/mol.